The number of aromatic nitrogens is 5. The molecule has 0 bridgehead atoms. The molecule has 1 aliphatic rings. The third-order valence-electron chi connectivity index (χ3n) is 4.59. The van der Waals surface area contributed by atoms with Crippen LogP contribution in [0.2, 0.25) is 0 Å². The number of pyridine rings is 1. The number of carbonyl (C=O) groups excluding carboxylic acids is 1. The van der Waals surface area contributed by atoms with E-state index in [2.05, 4.69) is 37.1 Å². The van der Waals surface area contributed by atoms with Gasteiger partial charge in [0.2, 0.25) is 5.91 Å². The van der Waals surface area contributed by atoms with Crippen molar-refractivity contribution < 1.29 is 17.8 Å². The Morgan fingerprint density at radius 2 is 2.38 bits per heavy atom. The molecule has 3 aromatic heterocycles. The Labute approximate surface area is 176 Å². The molecule has 1 fully saturated rings. The maximum absolute atomic E-state index is 12.1. The second kappa shape index (κ2) is 7.14. The number of rotatable bonds is 4. The Morgan fingerprint density at radius 3 is 3.10 bits per heavy atom. The Bertz CT molecular complexity index is 1360. The molecule has 9 heteroatoms. The monoisotopic (exact) mass is 397 g/mol. The van der Waals surface area contributed by atoms with Crippen LogP contribution < -0.4 is 11.1 Å². The summed E-state index contributed by atoms with van der Waals surface area (Å²) in [4.78, 5) is 29.3. The van der Waals surface area contributed by atoms with Crippen LogP contribution in [0.25, 0.3) is 22.6 Å². The molecule has 1 saturated heterocycles. The van der Waals surface area contributed by atoms with Gasteiger partial charge in [0.1, 0.15) is 11.8 Å². The molecule has 2 unspecified atom stereocenters. The summed E-state index contributed by atoms with van der Waals surface area (Å²) >= 11 is 0. The van der Waals surface area contributed by atoms with E-state index in [-0.39, 0.29) is 35.6 Å². The molecule has 0 spiro atoms. The van der Waals surface area contributed by atoms with Crippen LogP contribution >= 0.6 is 0 Å². The van der Waals surface area contributed by atoms with Crippen LogP contribution in [0.15, 0.2) is 24.8 Å². The molecule has 4 heterocycles. The van der Waals surface area contributed by atoms with Gasteiger partial charge >= 0.3 is 0 Å². The lowest BCUT2D eigenvalue weighted by Crippen LogP contribution is -2.40. The number of imidazole rings is 1. The first-order chi connectivity index (χ1) is 16.3. The molecule has 2 atom stereocenters. The van der Waals surface area contributed by atoms with Crippen LogP contribution in [0.1, 0.15) is 46.6 Å². The lowest BCUT2D eigenvalue weighted by molar-refractivity contribution is -0.143. The van der Waals surface area contributed by atoms with E-state index in [0.717, 1.165) is 0 Å². The predicted molar refractivity (Wildman–Crippen MR) is 108 cm³/mol. The quantitative estimate of drug-likeness (QED) is 0.645. The van der Waals surface area contributed by atoms with Crippen molar-refractivity contribution in [2.24, 2.45) is 5.73 Å². The Hall–Kier alpha value is -3.51. The van der Waals surface area contributed by atoms with E-state index in [1.54, 1.807) is 19.2 Å². The molecule has 1 amide bonds. The first-order valence-corrected chi connectivity index (χ1v) is 8.73. The topological polar surface area (TPSA) is 121 Å². The van der Waals surface area contributed by atoms with Gasteiger partial charge in [0.15, 0.2) is 22.8 Å². The number of nitrogens with two attached hydrogens (primary N) is 1. The van der Waals surface area contributed by atoms with E-state index in [4.69, 9.17) is 18.7 Å². The smallest absolute Gasteiger partial charge is 0.249 e. The van der Waals surface area contributed by atoms with E-state index in [1.807, 2.05) is 0 Å². The Kier molecular flexibility index (Phi) is 3.17. The predicted octanol–water partition coefficient (Wildman–Crippen LogP) is 1.85. The first-order valence-electron chi connectivity index (χ1n) is 11.7. The zero-order valence-corrected chi connectivity index (χ0v) is 15.4. The van der Waals surface area contributed by atoms with Crippen molar-refractivity contribution in [2.45, 2.75) is 38.4 Å². The summed E-state index contributed by atoms with van der Waals surface area (Å²) in [6, 6.07) is 1.70. The van der Waals surface area contributed by atoms with E-state index < -0.39 is 31.6 Å². The lowest BCUT2D eigenvalue weighted by Gasteiger charge is -2.21. The highest BCUT2D eigenvalue weighted by Crippen LogP contribution is 2.38. The van der Waals surface area contributed by atoms with Gasteiger partial charge in [-0.25, -0.2) is 15.0 Å². The maximum Gasteiger partial charge on any atom is 0.249 e. The molecule has 1 aliphatic heterocycles. The van der Waals surface area contributed by atoms with Gasteiger partial charge in [-0.1, -0.05) is 5.92 Å². The van der Waals surface area contributed by atoms with Gasteiger partial charge < -0.3 is 15.8 Å². The summed E-state index contributed by atoms with van der Waals surface area (Å²) in [5, 5.41) is 2.36. The fourth-order valence-corrected chi connectivity index (χ4v) is 3.17. The fourth-order valence-electron chi connectivity index (χ4n) is 3.17. The summed E-state index contributed by atoms with van der Waals surface area (Å²) < 4.78 is 53.3. The van der Waals surface area contributed by atoms with Gasteiger partial charge in [0.25, 0.3) is 0 Å². The second-order valence-electron chi connectivity index (χ2n) is 6.48. The average Bonchev–Trinajstić information content (AvgIpc) is 3.38. The number of anilines is 1. The van der Waals surface area contributed by atoms with Crippen LogP contribution in [0.5, 0.6) is 0 Å². The molecule has 3 N–H and O–H groups in total. The van der Waals surface area contributed by atoms with E-state index in [0.29, 0.717) is 11.1 Å². The summed E-state index contributed by atoms with van der Waals surface area (Å²) in [6.07, 6.45) is 3.45. The third-order valence-corrected chi connectivity index (χ3v) is 4.59. The molecule has 9 nitrogen and oxygen atoms in total. The molecule has 4 rings (SSSR count). The molecule has 0 aromatic carbocycles. The van der Waals surface area contributed by atoms with E-state index >= 15 is 0 Å². The highest BCUT2D eigenvalue weighted by Gasteiger charge is 2.42. The number of nitrogens with zero attached hydrogens (tertiary/aromatic N) is 5. The molecular formula is C20H21N7O2. The van der Waals surface area contributed by atoms with E-state index in [9.17, 15) is 4.79 Å². The van der Waals surface area contributed by atoms with Crippen molar-refractivity contribution in [1.82, 2.24) is 24.5 Å². The average molecular weight is 397 g/mol. The van der Waals surface area contributed by atoms with Crippen molar-refractivity contribution in [3.05, 3.63) is 30.4 Å². The molecule has 3 aromatic rings. The Balaban J connectivity index is 1.86. The lowest BCUT2D eigenvalue weighted by atomic mass is 10.0. The summed E-state index contributed by atoms with van der Waals surface area (Å²) in [5.41, 5.74) is 4.62. The zero-order chi connectivity index (χ0) is 25.6. The second-order valence-corrected chi connectivity index (χ2v) is 6.48. The summed E-state index contributed by atoms with van der Waals surface area (Å²) in [5.74, 6) is 4.63. The number of fused-ring (bicyclic) bond motifs is 1. The highest BCUT2D eigenvalue weighted by molar-refractivity contribution is 5.85. The minimum absolute atomic E-state index is 0.0642. The summed E-state index contributed by atoms with van der Waals surface area (Å²) in [7, 11) is 0. The third kappa shape index (κ3) is 3.28. The maximum atomic E-state index is 12.1. The van der Waals surface area contributed by atoms with Crippen LogP contribution in [0.4, 0.5) is 5.82 Å². The number of ether oxygens (including phenoxy) is 1. The van der Waals surface area contributed by atoms with Gasteiger partial charge in [0.05, 0.1) is 6.33 Å². The minimum atomic E-state index is -2.79. The van der Waals surface area contributed by atoms with Gasteiger partial charge in [-0.15, -0.1) is 5.92 Å². The Morgan fingerprint density at radius 1 is 1.48 bits per heavy atom. The van der Waals surface area contributed by atoms with Crippen molar-refractivity contribution in [3.8, 4) is 23.2 Å². The van der Waals surface area contributed by atoms with E-state index in [1.165, 1.54) is 17.1 Å². The van der Waals surface area contributed by atoms with Gasteiger partial charge in [0, 0.05) is 38.7 Å². The van der Waals surface area contributed by atoms with Crippen LogP contribution in [-0.2, 0) is 9.53 Å². The molecule has 148 valence electrons. The number of primary amides is 1. The minimum Gasteiger partial charge on any atom is -0.371 e. The normalized spacial score (nSPS) is 24.9. The molecule has 0 saturated carbocycles. The highest BCUT2D eigenvalue weighted by atomic mass is 16.5. The number of carbonyl (C=O) groups is 1. The van der Waals surface area contributed by atoms with Crippen molar-refractivity contribution in [2.75, 3.05) is 12.3 Å². The standard InChI is InChI=1S/C20H21N7O2/c1-4-5-12-8-13(10-23-9-12)16-25-17(22-3)15-18(26-16)27(11-24-15)14-6-7-20(2,29-14)19(21)28/h8-11,14H,6-7H2,1-3H3,(H2,21,28)(H,22,25,26)/i2D3,3D3. The zero-order valence-electron chi connectivity index (χ0n) is 21.4. The van der Waals surface area contributed by atoms with Crippen LogP contribution in [0.3, 0.4) is 0 Å². The van der Waals surface area contributed by atoms with Crippen LogP contribution in [0, 0.1) is 11.8 Å². The SMILES string of the molecule is [2H]C([2H])([2H])Nc1nc(-c2cncc(C#CC)c2)nc2c1ncn2C1CCC(C(N)=O)(C([2H])([2H])[2H])O1. The van der Waals surface area contributed by atoms with Gasteiger partial charge in [-0.2, -0.15) is 0 Å². The van der Waals surface area contributed by atoms with Crippen molar-refractivity contribution in [3.63, 3.8) is 0 Å². The fraction of sp³-hybridized carbons (Fsp3) is 0.350. The number of hydrogen-bond donors (Lipinski definition) is 2. The van der Waals surface area contributed by atoms with Crippen LogP contribution in [-0.4, -0.2) is 43.0 Å². The van der Waals surface area contributed by atoms with Crippen molar-refractivity contribution >= 4 is 22.9 Å². The number of hydrogen-bond acceptors (Lipinski definition) is 7. The summed E-state index contributed by atoms with van der Waals surface area (Å²) in [6.45, 7) is -3.69. The molecule has 29 heavy (non-hydrogen) atoms. The first kappa shape index (κ1) is 12.9. The van der Waals surface area contributed by atoms with Gasteiger partial charge in [-0.3, -0.25) is 14.3 Å². The number of nitrogens with one attached hydrogen (secondary N) is 1. The van der Waals surface area contributed by atoms with Gasteiger partial charge in [-0.05, 0) is 32.7 Å². The number of amides is 1. The molecule has 0 radical (unpaired) electrons. The molecule has 0 aliphatic carbocycles. The molecular weight excluding hydrogens is 370 g/mol. The van der Waals surface area contributed by atoms with Crippen molar-refractivity contribution in [1.29, 1.82) is 0 Å². The largest absolute Gasteiger partial charge is 0.371 e.